The van der Waals surface area contributed by atoms with E-state index in [1.807, 2.05) is 24.3 Å². The van der Waals surface area contributed by atoms with Gasteiger partial charge >= 0.3 is 12.0 Å². The van der Waals surface area contributed by atoms with Crippen molar-refractivity contribution in [2.45, 2.75) is 52.2 Å². The maximum absolute atomic E-state index is 13.2. The van der Waals surface area contributed by atoms with Crippen molar-refractivity contribution >= 4 is 17.7 Å². The summed E-state index contributed by atoms with van der Waals surface area (Å²) in [5.74, 6) is 0.936. The third-order valence-corrected chi connectivity index (χ3v) is 5.24. The van der Waals surface area contributed by atoms with E-state index in [4.69, 9.17) is 14.2 Å². The molecule has 7 heteroatoms. The van der Waals surface area contributed by atoms with Crippen LogP contribution in [0.4, 0.5) is 4.79 Å². The lowest BCUT2D eigenvalue weighted by Crippen LogP contribution is -2.45. The fraction of sp³-hybridized carbons (Fsp3) is 0.385. The molecule has 0 aromatic heterocycles. The lowest BCUT2D eigenvalue weighted by Gasteiger charge is -2.30. The fourth-order valence-electron chi connectivity index (χ4n) is 3.60. The maximum Gasteiger partial charge on any atom is 0.338 e. The van der Waals surface area contributed by atoms with E-state index in [1.54, 1.807) is 45.2 Å². The highest BCUT2D eigenvalue weighted by molar-refractivity contribution is 6.04. The molecule has 7 nitrogen and oxygen atoms in total. The Balaban J connectivity index is 1.97. The number of urea groups is 1. The third kappa shape index (κ3) is 6.28. The minimum absolute atomic E-state index is 0.306. The van der Waals surface area contributed by atoms with Gasteiger partial charge in [0, 0.05) is 0 Å². The summed E-state index contributed by atoms with van der Waals surface area (Å²) < 4.78 is 16.6. The highest BCUT2D eigenvalue weighted by Crippen LogP contribution is 2.33. The van der Waals surface area contributed by atoms with E-state index in [0.717, 1.165) is 30.6 Å². The van der Waals surface area contributed by atoms with E-state index in [9.17, 15) is 9.59 Å². The molecule has 176 valence electrons. The Kier molecular flexibility index (Phi) is 8.35. The lowest BCUT2D eigenvalue weighted by molar-refractivity contribution is -0.143. The zero-order valence-electron chi connectivity index (χ0n) is 19.6. The van der Waals surface area contributed by atoms with Crippen LogP contribution in [0.3, 0.4) is 0 Å². The molecule has 0 spiro atoms. The lowest BCUT2D eigenvalue weighted by atomic mass is 9.92. The molecule has 1 atom stereocenters. The number of ether oxygens (including phenoxy) is 3. The van der Waals surface area contributed by atoms with Crippen molar-refractivity contribution in [1.29, 1.82) is 0 Å². The van der Waals surface area contributed by atoms with Gasteiger partial charge in [0.1, 0.15) is 11.5 Å². The van der Waals surface area contributed by atoms with Gasteiger partial charge in [0.2, 0.25) is 0 Å². The van der Waals surface area contributed by atoms with Gasteiger partial charge in [-0.2, -0.15) is 0 Å². The number of rotatable bonds is 10. The van der Waals surface area contributed by atoms with Crippen molar-refractivity contribution in [1.82, 2.24) is 10.6 Å². The molecule has 1 aliphatic rings. The number of methoxy groups -OCH3 is 1. The first-order valence-electron chi connectivity index (χ1n) is 11.3. The number of esters is 1. The quantitative estimate of drug-likeness (QED) is 0.392. The van der Waals surface area contributed by atoms with Crippen molar-refractivity contribution in [3.63, 3.8) is 0 Å². The van der Waals surface area contributed by atoms with Crippen LogP contribution in [0, 0.1) is 0 Å². The van der Waals surface area contributed by atoms with Gasteiger partial charge in [0.05, 0.1) is 37.1 Å². The van der Waals surface area contributed by atoms with Crippen molar-refractivity contribution in [3.8, 4) is 11.5 Å². The first-order chi connectivity index (χ1) is 15.9. The normalized spacial score (nSPS) is 15.7. The van der Waals surface area contributed by atoms with Crippen LogP contribution in [0.2, 0.25) is 0 Å². The molecule has 0 fully saturated rings. The molecule has 33 heavy (non-hydrogen) atoms. The maximum atomic E-state index is 13.2. The number of benzene rings is 2. The summed E-state index contributed by atoms with van der Waals surface area (Å²) in [6.45, 7) is 6.39. The van der Waals surface area contributed by atoms with Crippen LogP contribution in [0.5, 0.6) is 11.5 Å². The zero-order valence-corrected chi connectivity index (χ0v) is 19.6. The molecule has 0 saturated heterocycles. The van der Waals surface area contributed by atoms with Crippen LogP contribution in [0.25, 0.3) is 5.70 Å². The van der Waals surface area contributed by atoms with Gasteiger partial charge in [-0.25, -0.2) is 9.59 Å². The number of nitrogens with one attached hydrogen (secondary N) is 2. The number of hydrogen-bond acceptors (Lipinski definition) is 5. The first kappa shape index (κ1) is 24.2. The van der Waals surface area contributed by atoms with Gasteiger partial charge in [-0.1, -0.05) is 31.9 Å². The number of carbonyl (C=O) groups excluding carboxylic acids is 2. The molecule has 2 N–H and O–H groups in total. The summed E-state index contributed by atoms with van der Waals surface area (Å²) in [5.41, 5.74) is 2.19. The summed E-state index contributed by atoms with van der Waals surface area (Å²) in [7, 11) is 1.58. The van der Waals surface area contributed by atoms with E-state index in [-0.39, 0.29) is 6.10 Å². The fourth-order valence-corrected chi connectivity index (χ4v) is 3.60. The van der Waals surface area contributed by atoms with E-state index in [0.29, 0.717) is 29.2 Å². The summed E-state index contributed by atoms with van der Waals surface area (Å²) in [5, 5.41) is 5.65. The van der Waals surface area contributed by atoms with Gasteiger partial charge in [0.25, 0.3) is 0 Å². The van der Waals surface area contributed by atoms with Crippen LogP contribution in [-0.4, -0.2) is 31.8 Å². The van der Waals surface area contributed by atoms with Gasteiger partial charge in [-0.3, -0.25) is 0 Å². The molecule has 0 saturated carbocycles. The Labute approximate surface area is 195 Å². The van der Waals surface area contributed by atoms with Crippen LogP contribution >= 0.6 is 0 Å². The van der Waals surface area contributed by atoms with Crippen molar-refractivity contribution in [3.05, 3.63) is 65.2 Å². The van der Waals surface area contributed by atoms with Crippen molar-refractivity contribution in [2.24, 2.45) is 0 Å². The van der Waals surface area contributed by atoms with E-state index in [2.05, 4.69) is 17.6 Å². The standard InChI is InChI=1S/C26H32N2O5/c1-5-6-7-16-32-21-14-10-19(11-15-21)24-22(25(29)33-17(2)3)23(27-26(30)28-24)18-8-12-20(31-4)13-9-18/h8-15,17,24H,5-7,16H2,1-4H3,(H2,27,28,30). The predicted molar refractivity (Wildman–Crippen MR) is 127 cm³/mol. The van der Waals surface area contributed by atoms with Crippen molar-refractivity contribution < 1.29 is 23.8 Å². The van der Waals surface area contributed by atoms with Crippen molar-refractivity contribution in [2.75, 3.05) is 13.7 Å². The SMILES string of the molecule is CCCCCOc1ccc(C2NC(=O)NC(c3ccc(OC)cc3)=C2C(=O)OC(C)C)cc1. The van der Waals surface area contributed by atoms with E-state index >= 15 is 0 Å². The number of amides is 2. The minimum Gasteiger partial charge on any atom is -0.497 e. The monoisotopic (exact) mass is 452 g/mol. The molecular formula is C26H32N2O5. The average Bonchev–Trinajstić information content (AvgIpc) is 2.81. The third-order valence-electron chi connectivity index (χ3n) is 5.24. The average molecular weight is 453 g/mol. The molecule has 1 unspecified atom stereocenters. The molecule has 2 aromatic rings. The Hall–Kier alpha value is -3.48. The number of carbonyl (C=O) groups is 2. The highest BCUT2D eigenvalue weighted by atomic mass is 16.5. The van der Waals surface area contributed by atoms with Gasteiger partial charge < -0.3 is 24.8 Å². The molecule has 0 radical (unpaired) electrons. The number of unbranched alkanes of at least 4 members (excludes halogenated alkanes) is 2. The van der Waals surface area contributed by atoms with Crippen LogP contribution < -0.4 is 20.1 Å². The van der Waals surface area contributed by atoms with E-state index < -0.39 is 18.0 Å². The van der Waals surface area contributed by atoms with Crippen LogP contribution in [-0.2, 0) is 9.53 Å². The predicted octanol–water partition coefficient (Wildman–Crippen LogP) is 4.98. The number of hydrogen-bond donors (Lipinski definition) is 2. The van der Waals surface area contributed by atoms with Gasteiger partial charge in [-0.05, 0) is 67.8 Å². The molecular weight excluding hydrogens is 420 g/mol. The molecule has 1 heterocycles. The van der Waals surface area contributed by atoms with Gasteiger partial charge in [-0.15, -0.1) is 0 Å². The first-order valence-corrected chi connectivity index (χ1v) is 11.3. The smallest absolute Gasteiger partial charge is 0.338 e. The molecule has 2 aromatic carbocycles. The Morgan fingerprint density at radius 1 is 1.00 bits per heavy atom. The molecule has 1 aliphatic heterocycles. The van der Waals surface area contributed by atoms with E-state index in [1.165, 1.54) is 0 Å². The molecule has 2 amide bonds. The Bertz CT molecular complexity index is 981. The summed E-state index contributed by atoms with van der Waals surface area (Å²) in [4.78, 5) is 25.7. The Morgan fingerprint density at radius 2 is 1.67 bits per heavy atom. The largest absolute Gasteiger partial charge is 0.497 e. The summed E-state index contributed by atoms with van der Waals surface area (Å²) in [6, 6.07) is 13.5. The second kappa shape index (κ2) is 11.4. The molecule has 0 bridgehead atoms. The zero-order chi connectivity index (χ0) is 23.8. The molecule has 3 rings (SSSR count). The second-order valence-corrected chi connectivity index (χ2v) is 8.13. The summed E-state index contributed by atoms with van der Waals surface area (Å²) >= 11 is 0. The highest BCUT2D eigenvalue weighted by Gasteiger charge is 2.34. The van der Waals surface area contributed by atoms with Crippen LogP contribution in [0.1, 0.15) is 57.2 Å². The van der Waals surface area contributed by atoms with Crippen LogP contribution in [0.15, 0.2) is 54.1 Å². The summed E-state index contributed by atoms with van der Waals surface area (Å²) in [6.07, 6.45) is 2.95. The molecule has 0 aliphatic carbocycles. The second-order valence-electron chi connectivity index (χ2n) is 8.13. The minimum atomic E-state index is -0.670. The topological polar surface area (TPSA) is 85.9 Å². The Morgan fingerprint density at radius 3 is 2.27 bits per heavy atom. The van der Waals surface area contributed by atoms with Gasteiger partial charge in [0.15, 0.2) is 0 Å².